The molecule has 2 aromatic heterocycles. The van der Waals surface area contributed by atoms with E-state index in [1.807, 2.05) is 0 Å². The van der Waals surface area contributed by atoms with Crippen LogP contribution in [-0.4, -0.2) is 18.5 Å². The van der Waals surface area contributed by atoms with E-state index in [1.54, 1.807) is 20.8 Å². The molecule has 0 spiro atoms. The molecule has 1 aliphatic rings. The van der Waals surface area contributed by atoms with Crippen LogP contribution in [0.25, 0.3) is 0 Å². The molecule has 6 nitrogen and oxygen atoms in total. The summed E-state index contributed by atoms with van der Waals surface area (Å²) < 4.78 is 10.6. The summed E-state index contributed by atoms with van der Waals surface area (Å²) in [6.07, 6.45) is 2.84. The zero-order chi connectivity index (χ0) is 19.7. The molecular formula is C20H22N2O4S. The number of esters is 1. The molecule has 0 radical (unpaired) electrons. The number of furan rings is 1. The first kappa shape index (κ1) is 19.2. The SMILES string of the molecule is Cc1oc(C)c(C(=O)OCC(=O)Nc2sc3c(c2C#N)CC[C@H](C)C3)c1C. The first-order valence-electron chi connectivity index (χ1n) is 8.90. The fraction of sp³-hybridized carbons (Fsp3) is 0.450. The number of aryl methyl sites for hydroxylation is 2. The van der Waals surface area contributed by atoms with E-state index in [4.69, 9.17) is 9.15 Å². The molecule has 2 aromatic rings. The van der Waals surface area contributed by atoms with Crippen LogP contribution in [0.2, 0.25) is 0 Å². The van der Waals surface area contributed by atoms with Gasteiger partial charge in [-0.3, -0.25) is 4.79 Å². The summed E-state index contributed by atoms with van der Waals surface area (Å²) in [7, 11) is 0. The molecule has 142 valence electrons. The zero-order valence-electron chi connectivity index (χ0n) is 15.9. The van der Waals surface area contributed by atoms with Gasteiger partial charge in [-0.2, -0.15) is 5.26 Å². The average Bonchev–Trinajstić information content (AvgIpc) is 3.07. The molecule has 27 heavy (non-hydrogen) atoms. The largest absolute Gasteiger partial charge is 0.465 e. The third-order valence-corrected chi connectivity index (χ3v) is 6.15. The van der Waals surface area contributed by atoms with Gasteiger partial charge in [-0.1, -0.05) is 6.92 Å². The second-order valence-corrected chi connectivity index (χ2v) is 8.11. The van der Waals surface area contributed by atoms with Crippen LogP contribution in [0.15, 0.2) is 4.42 Å². The summed E-state index contributed by atoms with van der Waals surface area (Å²) in [5, 5.41) is 12.8. The van der Waals surface area contributed by atoms with Gasteiger partial charge in [0, 0.05) is 10.4 Å². The number of nitrogens with zero attached hydrogens (tertiary/aromatic N) is 1. The van der Waals surface area contributed by atoms with Crippen molar-refractivity contribution in [1.29, 1.82) is 5.26 Å². The van der Waals surface area contributed by atoms with Gasteiger partial charge >= 0.3 is 5.97 Å². The number of hydrogen-bond acceptors (Lipinski definition) is 6. The lowest BCUT2D eigenvalue weighted by atomic mass is 9.89. The van der Waals surface area contributed by atoms with Gasteiger partial charge in [0.15, 0.2) is 6.61 Å². The van der Waals surface area contributed by atoms with E-state index in [2.05, 4.69) is 18.3 Å². The standard InChI is InChI=1S/C20H22N2O4S/c1-10-5-6-14-15(8-21)19(27-16(14)7-10)22-17(23)9-25-20(24)18-11(2)12(3)26-13(18)4/h10H,5-7,9H2,1-4H3,(H,22,23)/t10-/m0/s1. The normalized spacial score (nSPS) is 15.7. The Morgan fingerprint density at radius 3 is 2.70 bits per heavy atom. The van der Waals surface area contributed by atoms with Crippen LogP contribution >= 0.6 is 11.3 Å². The molecule has 1 amide bonds. The minimum atomic E-state index is -0.586. The maximum atomic E-state index is 12.3. The van der Waals surface area contributed by atoms with Gasteiger partial charge in [-0.05, 0) is 51.5 Å². The Labute approximate surface area is 162 Å². The van der Waals surface area contributed by atoms with E-state index in [-0.39, 0.29) is 0 Å². The number of amides is 1. The van der Waals surface area contributed by atoms with Gasteiger partial charge in [0.05, 0.1) is 5.56 Å². The van der Waals surface area contributed by atoms with Crippen molar-refractivity contribution >= 4 is 28.2 Å². The number of fused-ring (bicyclic) bond motifs is 1. The Balaban J connectivity index is 1.67. The fourth-order valence-electron chi connectivity index (χ4n) is 3.42. The molecule has 0 bridgehead atoms. The van der Waals surface area contributed by atoms with Gasteiger partial charge < -0.3 is 14.5 Å². The highest BCUT2D eigenvalue weighted by molar-refractivity contribution is 7.16. The summed E-state index contributed by atoms with van der Waals surface area (Å²) in [5.74, 6) is 0.666. The Morgan fingerprint density at radius 1 is 1.33 bits per heavy atom. The monoisotopic (exact) mass is 386 g/mol. The Bertz CT molecular complexity index is 948. The Kier molecular flexibility index (Phi) is 5.38. The molecule has 1 N–H and O–H groups in total. The van der Waals surface area contributed by atoms with Crippen molar-refractivity contribution in [2.75, 3.05) is 11.9 Å². The molecule has 2 heterocycles. The molecule has 0 aliphatic heterocycles. The summed E-state index contributed by atoms with van der Waals surface area (Å²) >= 11 is 1.45. The van der Waals surface area contributed by atoms with Crippen molar-refractivity contribution in [3.63, 3.8) is 0 Å². The summed E-state index contributed by atoms with van der Waals surface area (Å²) in [6.45, 7) is 7.01. The smallest absolute Gasteiger partial charge is 0.342 e. The lowest BCUT2D eigenvalue weighted by molar-refractivity contribution is -0.119. The molecule has 7 heteroatoms. The third kappa shape index (κ3) is 3.76. The molecule has 3 rings (SSSR count). The highest BCUT2D eigenvalue weighted by Crippen LogP contribution is 2.39. The second kappa shape index (κ2) is 7.57. The fourth-order valence-corrected chi connectivity index (χ4v) is 4.79. The number of carbonyl (C=O) groups excluding carboxylic acids is 2. The van der Waals surface area contributed by atoms with Crippen molar-refractivity contribution in [2.45, 2.75) is 47.0 Å². The van der Waals surface area contributed by atoms with E-state index in [0.717, 1.165) is 29.7 Å². The maximum Gasteiger partial charge on any atom is 0.342 e. The minimum absolute atomic E-state index is 0.360. The molecular weight excluding hydrogens is 364 g/mol. The molecule has 0 fully saturated rings. The van der Waals surface area contributed by atoms with Crippen LogP contribution in [-0.2, 0) is 22.4 Å². The summed E-state index contributed by atoms with van der Waals surface area (Å²) in [5.41, 5.74) is 2.66. The summed E-state index contributed by atoms with van der Waals surface area (Å²) in [6, 6.07) is 2.21. The van der Waals surface area contributed by atoms with Crippen LogP contribution in [0.4, 0.5) is 5.00 Å². The zero-order valence-corrected chi connectivity index (χ0v) is 16.7. The first-order valence-corrected chi connectivity index (χ1v) is 9.71. The van der Waals surface area contributed by atoms with Gasteiger partial charge in [-0.15, -0.1) is 11.3 Å². The van der Waals surface area contributed by atoms with E-state index < -0.39 is 18.5 Å². The molecule has 0 saturated heterocycles. The average molecular weight is 386 g/mol. The molecule has 0 aromatic carbocycles. The van der Waals surface area contributed by atoms with Crippen molar-refractivity contribution < 1.29 is 18.7 Å². The molecule has 1 aliphatic carbocycles. The first-order chi connectivity index (χ1) is 12.8. The van der Waals surface area contributed by atoms with Gasteiger partial charge in [0.25, 0.3) is 5.91 Å². The van der Waals surface area contributed by atoms with Gasteiger partial charge in [-0.25, -0.2) is 4.79 Å². The topological polar surface area (TPSA) is 92.3 Å². The van der Waals surface area contributed by atoms with Crippen LogP contribution in [0, 0.1) is 38.0 Å². The van der Waals surface area contributed by atoms with E-state index >= 15 is 0 Å². The quantitative estimate of drug-likeness (QED) is 0.800. The molecule has 0 unspecified atom stereocenters. The van der Waals surface area contributed by atoms with Crippen molar-refractivity contribution in [3.8, 4) is 6.07 Å². The number of nitriles is 1. The Hall–Kier alpha value is -2.59. The molecule has 1 atom stereocenters. The minimum Gasteiger partial charge on any atom is -0.465 e. The van der Waals surface area contributed by atoms with Gasteiger partial charge in [0.1, 0.15) is 28.2 Å². The van der Waals surface area contributed by atoms with Crippen molar-refractivity contribution in [1.82, 2.24) is 0 Å². The number of thiophene rings is 1. The lowest BCUT2D eigenvalue weighted by Gasteiger charge is -2.17. The number of ether oxygens (including phenoxy) is 1. The Morgan fingerprint density at radius 2 is 2.07 bits per heavy atom. The maximum absolute atomic E-state index is 12.3. The van der Waals surface area contributed by atoms with Crippen LogP contribution in [0.1, 0.15) is 56.8 Å². The number of carbonyl (C=O) groups is 2. The van der Waals surface area contributed by atoms with E-state index in [9.17, 15) is 14.9 Å². The predicted octanol–water partition coefficient (Wildman–Crippen LogP) is 4.06. The second-order valence-electron chi connectivity index (χ2n) is 7.01. The number of rotatable bonds is 4. The number of anilines is 1. The van der Waals surface area contributed by atoms with Crippen LogP contribution in [0.5, 0.6) is 0 Å². The highest BCUT2D eigenvalue weighted by atomic mass is 32.1. The van der Waals surface area contributed by atoms with Crippen LogP contribution < -0.4 is 5.32 Å². The van der Waals surface area contributed by atoms with Gasteiger partial charge in [0.2, 0.25) is 0 Å². The highest BCUT2D eigenvalue weighted by Gasteiger charge is 2.25. The van der Waals surface area contributed by atoms with E-state index in [0.29, 0.717) is 39.1 Å². The van der Waals surface area contributed by atoms with Crippen molar-refractivity contribution in [2.24, 2.45) is 5.92 Å². The lowest BCUT2D eigenvalue weighted by Crippen LogP contribution is -2.21. The molecule has 0 saturated carbocycles. The van der Waals surface area contributed by atoms with Crippen LogP contribution in [0.3, 0.4) is 0 Å². The van der Waals surface area contributed by atoms with Crippen molar-refractivity contribution in [3.05, 3.63) is 38.7 Å². The number of nitrogens with one attached hydrogen (secondary N) is 1. The predicted molar refractivity (Wildman–Crippen MR) is 102 cm³/mol. The van der Waals surface area contributed by atoms with E-state index in [1.165, 1.54) is 11.3 Å². The third-order valence-electron chi connectivity index (χ3n) is 4.98. The summed E-state index contributed by atoms with van der Waals surface area (Å²) in [4.78, 5) is 25.7. The number of hydrogen-bond donors (Lipinski definition) is 1.